The van der Waals surface area contributed by atoms with Crippen LogP contribution in [0.5, 0.6) is 11.5 Å². The molecule has 0 unspecified atom stereocenters. The summed E-state index contributed by atoms with van der Waals surface area (Å²) in [5, 5.41) is 10.7. The van der Waals surface area contributed by atoms with Crippen LogP contribution in [0.15, 0.2) is 18.2 Å². The van der Waals surface area contributed by atoms with Crippen LogP contribution in [0.4, 0.5) is 0 Å². The van der Waals surface area contributed by atoms with Gasteiger partial charge >= 0.3 is 0 Å². The Balaban J connectivity index is 2.06. The highest BCUT2D eigenvalue weighted by atomic mass is 16.7. The van der Waals surface area contributed by atoms with Crippen LogP contribution in [0, 0.1) is 5.92 Å². The van der Waals surface area contributed by atoms with Gasteiger partial charge in [0.2, 0.25) is 0 Å². The second-order valence-corrected chi connectivity index (χ2v) is 6.10. The topological polar surface area (TPSA) is 77.1 Å². The van der Waals surface area contributed by atoms with Crippen molar-refractivity contribution in [3.05, 3.63) is 23.8 Å². The maximum absolute atomic E-state index is 10.7. The third kappa shape index (κ3) is 5.39. The van der Waals surface area contributed by atoms with Gasteiger partial charge in [-0.2, -0.15) is 0 Å². The number of hydrogen-bond donors (Lipinski definition) is 0. The lowest BCUT2D eigenvalue weighted by molar-refractivity contribution is -0.307. The van der Waals surface area contributed by atoms with Crippen LogP contribution in [-0.2, 0) is 14.3 Å². The van der Waals surface area contributed by atoms with Gasteiger partial charge in [0.15, 0.2) is 13.6 Å². The minimum Gasteiger partial charge on any atom is -0.550 e. The lowest BCUT2D eigenvalue weighted by Gasteiger charge is -2.30. The van der Waals surface area contributed by atoms with Gasteiger partial charge < -0.3 is 28.8 Å². The number of carbonyl (C=O) groups excluding carboxylic acids is 1. The molecule has 0 atom stereocenters. The van der Waals surface area contributed by atoms with Crippen molar-refractivity contribution in [1.82, 2.24) is 0 Å². The van der Waals surface area contributed by atoms with E-state index in [1.54, 1.807) is 14.2 Å². The van der Waals surface area contributed by atoms with E-state index in [1.165, 1.54) is 0 Å². The summed E-state index contributed by atoms with van der Waals surface area (Å²) in [6.07, 6.45) is 3.83. The van der Waals surface area contributed by atoms with Crippen molar-refractivity contribution in [2.75, 3.05) is 27.8 Å². The van der Waals surface area contributed by atoms with Crippen LogP contribution in [0.2, 0.25) is 0 Å². The molecule has 0 spiro atoms. The second-order valence-electron chi connectivity index (χ2n) is 6.10. The molecule has 134 valence electrons. The Labute approximate surface area is 142 Å². The van der Waals surface area contributed by atoms with E-state index in [-0.39, 0.29) is 25.9 Å². The molecular weight excluding hydrogens is 312 g/mol. The van der Waals surface area contributed by atoms with Crippen LogP contribution in [0.25, 0.3) is 0 Å². The van der Waals surface area contributed by atoms with Gasteiger partial charge in [-0.15, -0.1) is 0 Å². The first-order valence-electron chi connectivity index (χ1n) is 8.21. The van der Waals surface area contributed by atoms with Crippen molar-refractivity contribution in [2.45, 2.75) is 38.0 Å². The molecule has 0 bridgehead atoms. The summed E-state index contributed by atoms with van der Waals surface area (Å²) in [4.78, 5) is 10.7. The third-order valence-electron chi connectivity index (χ3n) is 4.40. The minimum absolute atomic E-state index is 0.156. The fourth-order valence-corrected chi connectivity index (χ4v) is 3.23. The highest BCUT2D eigenvalue weighted by molar-refractivity contribution is 5.64. The predicted molar refractivity (Wildman–Crippen MR) is 85.8 cm³/mol. The molecule has 0 saturated heterocycles. The summed E-state index contributed by atoms with van der Waals surface area (Å²) in [5.74, 6) is 1.04. The monoisotopic (exact) mass is 337 g/mol. The standard InChI is InChI=1S/C18H26O6/c1-21-11-23-15-7-8-16(17(10-15)24-12-22-2)14-5-3-13(4-6-14)9-18(19)20/h7-8,10,13-14H,3-6,9,11-12H2,1-2H3,(H,19,20)/p-1. The number of benzene rings is 1. The molecule has 0 radical (unpaired) electrons. The molecule has 1 aromatic rings. The van der Waals surface area contributed by atoms with Crippen molar-refractivity contribution in [3.63, 3.8) is 0 Å². The summed E-state index contributed by atoms with van der Waals surface area (Å²) in [6.45, 7) is 0.345. The number of aliphatic carboxylic acids is 1. The average Bonchev–Trinajstić information content (AvgIpc) is 2.58. The van der Waals surface area contributed by atoms with E-state index in [0.29, 0.717) is 11.7 Å². The van der Waals surface area contributed by atoms with E-state index in [0.717, 1.165) is 37.0 Å². The van der Waals surface area contributed by atoms with Gasteiger partial charge in [0, 0.05) is 26.3 Å². The molecule has 0 heterocycles. The molecule has 1 aliphatic carbocycles. The normalized spacial score (nSPS) is 20.6. The number of hydrogen-bond acceptors (Lipinski definition) is 6. The molecule has 1 saturated carbocycles. The van der Waals surface area contributed by atoms with Gasteiger partial charge in [-0.3, -0.25) is 0 Å². The van der Waals surface area contributed by atoms with Crippen molar-refractivity contribution in [2.24, 2.45) is 5.92 Å². The number of ether oxygens (including phenoxy) is 4. The van der Waals surface area contributed by atoms with Crippen LogP contribution < -0.4 is 14.6 Å². The molecular formula is C18H25O6-. The van der Waals surface area contributed by atoms with Crippen LogP contribution >= 0.6 is 0 Å². The summed E-state index contributed by atoms with van der Waals surface area (Å²) in [6, 6.07) is 5.77. The molecule has 1 aliphatic rings. The molecule has 6 nitrogen and oxygen atoms in total. The minimum atomic E-state index is -0.956. The van der Waals surface area contributed by atoms with Crippen molar-refractivity contribution >= 4 is 5.97 Å². The zero-order chi connectivity index (χ0) is 17.4. The van der Waals surface area contributed by atoms with Crippen LogP contribution in [0.3, 0.4) is 0 Å². The maximum atomic E-state index is 10.7. The summed E-state index contributed by atoms with van der Waals surface area (Å²) >= 11 is 0. The fraction of sp³-hybridized carbons (Fsp3) is 0.611. The lowest BCUT2D eigenvalue weighted by atomic mass is 9.77. The fourth-order valence-electron chi connectivity index (χ4n) is 3.23. The molecule has 2 rings (SSSR count). The van der Waals surface area contributed by atoms with E-state index >= 15 is 0 Å². The van der Waals surface area contributed by atoms with Gasteiger partial charge in [-0.05, 0) is 55.6 Å². The van der Waals surface area contributed by atoms with Gasteiger partial charge in [0.1, 0.15) is 11.5 Å². The first-order chi connectivity index (χ1) is 11.6. The Hall–Kier alpha value is -1.79. The van der Waals surface area contributed by atoms with Gasteiger partial charge in [-0.1, -0.05) is 6.07 Å². The molecule has 0 amide bonds. The first-order valence-corrected chi connectivity index (χ1v) is 8.21. The van der Waals surface area contributed by atoms with E-state index in [2.05, 4.69) is 0 Å². The van der Waals surface area contributed by atoms with E-state index < -0.39 is 5.97 Å². The quantitative estimate of drug-likeness (QED) is 0.642. The van der Waals surface area contributed by atoms with E-state index in [4.69, 9.17) is 18.9 Å². The Bertz CT molecular complexity index is 522. The van der Waals surface area contributed by atoms with E-state index in [1.807, 2.05) is 18.2 Å². The highest BCUT2D eigenvalue weighted by Gasteiger charge is 2.25. The number of carboxylic acid groups (broad SMARTS) is 1. The first kappa shape index (κ1) is 18.5. The molecule has 0 N–H and O–H groups in total. The lowest BCUT2D eigenvalue weighted by Crippen LogP contribution is -2.27. The Morgan fingerprint density at radius 1 is 1.08 bits per heavy atom. The summed E-state index contributed by atoms with van der Waals surface area (Å²) in [7, 11) is 3.15. The predicted octanol–water partition coefficient (Wildman–Crippen LogP) is 2.07. The molecule has 1 aromatic carbocycles. The van der Waals surface area contributed by atoms with Crippen molar-refractivity contribution in [1.29, 1.82) is 0 Å². The van der Waals surface area contributed by atoms with Crippen molar-refractivity contribution < 1.29 is 28.8 Å². The zero-order valence-electron chi connectivity index (χ0n) is 14.3. The molecule has 0 aliphatic heterocycles. The largest absolute Gasteiger partial charge is 0.550 e. The molecule has 1 fully saturated rings. The van der Waals surface area contributed by atoms with Crippen LogP contribution in [0.1, 0.15) is 43.6 Å². The third-order valence-corrected chi connectivity index (χ3v) is 4.40. The maximum Gasteiger partial charge on any atom is 0.188 e. The van der Waals surface area contributed by atoms with Gasteiger partial charge in [0.05, 0.1) is 0 Å². The molecule has 6 heteroatoms. The summed E-state index contributed by atoms with van der Waals surface area (Å²) in [5.41, 5.74) is 1.11. The van der Waals surface area contributed by atoms with Gasteiger partial charge in [-0.25, -0.2) is 0 Å². The van der Waals surface area contributed by atoms with Gasteiger partial charge in [0.25, 0.3) is 0 Å². The van der Waals surface area contributed by atoms with Crippen molar-refractivity contribution in [3.8, 4) is 11.5 Å². The highest BCUT2D eigenvalue weighted by Crippen LogP contribution is 2.41. The smallest absolute Gasteiger partial charge is 0.188 e. The SMILES string of the molecule is COCOc1ccc(C2CCC(CC(=O)[O-])CC2)c(OCOC)c1. The Kier molecular flexibility index (Phi) is 7.34. The number of rotatable bonds is 9. The Morgan fingerprint density at radius 2 is 1.75 bits per heavy atom. The number of carboxylic acids is 1. The number of methoxy groups -OCH3 is 2. The second kappa shape index (κ2) is 9.49. The molecule has 0 aromatic heterocycles. The molecule has 24 heavy (non-hydrogen) atoms. The Morgan fingerprint density at radius 3 is 2.38 bits per heavy atom. The average molecular weight is 337 g/mol. The number of carbonyl (C=O) groups is 1. The zero-order valence-corrected chi connectivity index (χ0v) is 14.3. The van der Waals surface area contributed by atoms with Crippen LogP contribution in [-0.4, -0.2) is 33.8 Å². The summed E-state index contributed by atoms with van der Waals surface area (Å²) < 4.78 is 21.1. The van der Waals surface area contributed by atoms with E-state index in [9.17, 15) is 9.90 Å².